The predicted molar refractivity (Wildman–Crippen MR) is 144 cm³/mol. The van der Waals surface area contributed by atoms with Crippen LogP contribution < -0.4 is 10.3 Å². The first kappa shape index (κ1) is 26.4. The molecule has 0 fully saturated rings. The van der Waals surface area contributed by atoms with Gasteiger partial charge in [0.1, 0.15) is 12.4 Å². The molecule has 0 bridgehead atoms. The first-order valence-corrected chi connectivity index (χ1v) is 12.0. The Hall–Kier alpha value is -5.25. The number of ether oxygens (including phenoxy) is 1. The van der Waals surface area contributed by atoms with E-state index in [1.165, 1.54) is 30.5 Å². The van der Waals surface area contributed by atoms with Crippen molar-refractivity contribution in [1.82, 2.24) is 9.66 Å². The molecule has 4 aromatic carbocycles. The van der Waals surface area contributed by atoms with Crippen LogP contribution in [0.5, 0.6) is 5.75 Å². The molecule has 0 saturated heterocycles. The van der Waals surface area contributed by atoms with Crippen LogP contribution in [-0.2, 0) is 12.8 Å². The van der Waals surface area contributed by atoms with E-state index in [1.807, 2.05) is 0 Å². The summed E-state index contributed by atoms with van der Waals surface area (Å²) in [7, 11) is 0. The molecule has 5 rings (SSSR count). The van der Waals surface area contributed by atoms with Crippen molar-refractivity contribution < 1.29 is 27.8 Å². The highest BCUT2D eigenvalue weighted by atomic mass is 19.4. The summed E-state index contributed by atoms with van der Waals surface area (Å²) in [6, 6.07) is 24.3. The van der Waals surface area contributed by atoms with Gasteiger partial charge < -0.3 is 9.84 Å². The first-order valence-electron chi connectivity index (χ1n) is 12.0. The maximum absolute atomic E-state index is 13.4. The molecule has 0 radical (unpaired) electrons. The lowest BCUT2D eigenvalue weighted by molar-refractivity contribution is -0.137. The van der Waals surface area contributed by atoms with E-state index in [-0.39, 0.29) is 28.9 Å². The van der Waals surface area contributed by atoms with Crippen LogP contribution in [0.2, 0.25) is 0 Å². The molecule has 0 aliphatic rings. The molecular weight excluding hydrogens is 523 g/mol. The van der Waals surface area contributed by atoms with Crippen molar-refractivity contribution >= 4 is 23.1 Å². The number of rotatable bonds is 7. The van der Waals surface area contributed by atoms with Crippen molar-refractivity contribution in [3.05, 3.63) is 130 Å². The summed E-state index contributed by atoms with van der Waals surface area (Å²) in [4.78, 5) is 28.7. The zero-order valence-electron chi connectivity index (χ0n) is 20.7. The van der Waals surface area contributed by atoms with E-state index >= 15 is 0 Å². The topological polar surface area (TPSA) is 93.8 Å². The lowest BCUT2D eigenvalue weighted by Gasteiger charge is -2.12. The van der Waals surface area contributed by atoms with Gasteiger partial charge in [0.25, 0.3) is 5.56 Å². The van der Waals surface area contributed by atoms with E-state index in [4.69, 9.17) is 9.84 Å². The third kappa shape index (κ3) is 5.75. The van der Waals surface area contributed by atoms with Crippen LogP contribution in [0, 0.1) is 0 Å². The van der Waals surface area contributed by atoms with Gasteiger partial charge in [0.2, 0.25) is 0 Å². The van der Waals surface area contributed by atoms with E-state index in [1.54, 1.807) is 60.7 Å². The molecule has 1 N–H and O–H groups in total. The van der Waals surface area contributed by atoms with Gasteiger partial charge in [-0.25, -0.2) is 9.78 Å². The van der Waals surface area contributed by atoms with Crippen LogP contribution in [0.25, 0.3) is 22.3 Å². The quantitative estimate of drug-likeness (QED) is 0.245. The molecule has 5 aromatic rings. The average molecular weight is 544 g/mol. The van der Waals surface area contributed by atoms with Crippen LogP contribution >= 0.6 is 0 Å². The van der Waals surface area contributed by atoms with Crippen LogP contribution in [0.1, 0.15) is 27.0 Å². The zero-order chi connectivity index (χ0) is 28.3. The molecule has 0 spiro atoms. The molecule has 10 heteroatoms. The van der Waals surface area contributed by atoms with Gasteiger partial charge in [-0.3, -0.25) is 4.79 Å². The fraction of sp³-hybridized carbons (Fsp3) is 0.0667. The van der Waals surface area contributed by atoms with Crippen molar-refractivity contribution in [3.63, 3.8) is 0 Å². The number of aromatic carboxylic acids is 1. The molecule has 0 amide bonds. The summed E-state index contributed by atoms with van der Waals surface area (Å²) >= 11 is 0. The van der Waals surface area contributed by atoms with Crippen molar-refractivity contribution in [3.8, 4) is 17.1 Å². The van der Waals surface area contributed by atoms with Crippen LogP contribution in [0.4, 0.5) is 13.2 Å². The first-order chi connectivity index (χ1) is 19.2. The second-order valence-corrected chi connectivity index (χ2v) is 8.75. The Morgan fingerprint density at radius 3 is 2.38 bits per heavy atom. The predicted octanol–water partition coefficient (Wildman–Crippen LogP) is 6.24. The fourth-order valence-corrected chi connectivity index (χ4v) is 3.94. The lowest BCUT2D eigenvalue weighted by Crippen LogP contribution is -2.20. The summed E-state index contributed by atoms with van der Waals surface area (Å²) in [5, 5.41) is 13.6. The lowest BCUT2D eigenvalue weighted by atomic mass is 10.1. The zero-order valence-corrected chi connectivity index (χ0v) is 20.7. The molecule has 0 aliphatic carbocycles. The molecule has 0 saturated carbocycles. The molecule has 1 aromatic heterocycles. The normalized spacial score (nSPS) is 11.7. The fourth-order valence-electron chi connectivity index (χ4n) is 3.94. The second kappa shape index (κ2) is 10.9. The van der Waals surface area contributed by atoms with Gasteiger partial charge in [-0.1, -0.05) is 36.4 Å². The Labute approximate surface area is 225 Å². The van der Waals surface area contributed by atoms with Gasteiger partial charge in [-0.05, 0) is 71.8 Å². The summed E-state index contributed by atoms with van der Waals surface area (Å²) in [5.41, 5.74) is 0.624. The van der Waals surface area contributed by atoms with Gasteiger partial charge in [0.05, 0.1) is 28.2 Å². The summed E-state index contributed by atoms with van der Waals surface area (Å²) < 4.78 is 46.8. The monoisotopic (exact) mass is 543 g/mol. The number of carboxylic acid groups (broad SMARTS) is 1. The number of aromatic nitrogens is 2. The van der Waals surface area contributed by atoms with Crippen molar-refractivity contribution in [2.24, 2.45) is 5.10 Å². The van der Waals surface area contributed by atoms with Crippen LogP contribution in [0.15, 0.2) is 107 Å². The Bertz CT molecular complexity index is 1780. The van der Waals surface area contributed by atoms with E-state index in [2.05, 4.69) is 10.1 Å². The highest BCUT2D eigenvalue weighted by Crippen LogP contribution is 2.32. The number of carbonyl (C=O) groups is 1. The second-order valence-electron chi connectivity index (χ2n) is 8.75. The Kier molecular flexibility index (Phi) is 7.15. The number of para-hydroxylation sites is 1. The van der Waals surface area contributed by atoms with Crippen molar-refractivity contribution in [1.29, 1.82) is 0 Å². The highest BCUT2D eigenvalue weighted by molar-refractivity contribution is 5.87. The van der Waals surface area contributed by atoms with Gasteiger partial charge in [0, 0.05) is 5.56 Å². The summed E-state index contributed by atoms with van der Waals surface area (Å²) in [6.45, 7) is 0.228. The maximum Gasteiger partial charge on any atom is 0.416 e. The van der Waals surface area contributed by atoms with Gasteiger partial charge in [0.15, 0.2) is 5.82 Å². The largest absolute Gasteiger partial charge is 0.489 e. The summed E-state index contributed by atoms with van der Waals surface area (Å²) in [6.07, 6.45) is -3.16. The third-order valence-corrected chi connectivity index (χ3v) is 6.01. The van der Waals surface area contributed by atoms with E-state index < -0.39 is 23.3 Å². The molecule has 0 aliphatic heterocycles. The average Bonchev–Trinajstić information content (AvgIpc) is 2.96. The minimum Gasteiger partial charge on any atom is -0.489 e. The van der Waals surface area contributed by atoms with Gasteiger partial charge >= 0.3 is 12.1 Å². The van der Waals surface area contributed by atoms with Gasteiger partial charge in [-0.2, -0.15) is 22.9 Å². The number of alkyl halides is 3. The third-order valence-electron chi connectivity index (χ3n) is 6.01. The molecule has 40 heavy (non-hydrogen) atoms. The summed E-state index contributed by atoms with van der Waals surface area (Å²) in [5.74, 6) is -0.484. The molecule has 0 atom stereocenters. The smallest absolute Gasteiger partial charge is 0.416 e. The number of benzene rings is 4. The number of nitrogens with zero attached hydrogens (tertiary/aromatic N) is 3. The standard InChI is InChI=1S/C30H20F3N3O4/c31-30(32,33)23-5-3-4-22(16-23)27-35-26-7-2-1-6-25(26)28(37)36(27)34-17-19-10-14-24(15-11-19)40-18-20-8-12-21(13-9-20)29(38)39/h1-17H,18H2,(H,38,39). The Morgan fingerprint density at radius 1 is 0.950 bits per heavy atom. The number of fused-ring (bicyclic) bond motifs is 1. The molecule has 1 heterocycles. The number of carboxylic acids is 1. The number of hydrogen-bond donors (Lipinski definition) is 1. The number of hydrogen-bond acceptors (Lipinski definition) is 5. The van der Waals surface area contributed by atoms with E-state index in [0.29, 0.717) is 16.8 Å². The molecular formula is C30H20F3N3O4. The van der Waals surface area contributed by atoms with Crippen LogP contribution in [0.3, 0.4) is 0 Å². The van der Waals surface area contributed by atoms with E-state index in [0.717, 1.165) is 22.4 Å². The van der Waals surface area contributed by atoms with Crippen molar-refractivity contribution in [2.45, 2.75) is 12.8 Å². The maximum atomic E-state index is 13.4. The highest BCUT2D eigenvalue weighted by Gasteiger charge is 2.31. The van der Waals surface area contributed by atoms with Gasteiger partial charge in [-0.15, -0.1) is 0 Å². The Balaban J connectivity index is 1.42. The molecule has 7 nitrogen and oxygen atoms in total. The van der Waals surface area contributed by atoms with Crippen LogP contribution in [-0.4, -0.2) is 27.0 Å². The molecule has 0 unspecified atom stereocenters. The minimum atomic E-state index is -4.56. The Morgan fingerprint density at radius 2 is 1.68 bits per heavy atom. The molecule has 200 valence electrons. The minimum absolute atomic E-state index is 0.0279. The van der Waals surface area contributed by atoms with Crippen molar-refractivity contribution in [2.75, 3.05) is 0 Å². The van der Waals surface area contributed by atoms with E-state index in [9.17, 15) is 22.8 Å². The number of halogens is 3. The SMILES string of the molecule is O=C(O)c1ccc(COc2ccc(C=Nn3c(-c4cccc(C(F)(F)F)c4)nc4ccccc4c3=O)cc2)cc1.